The standard InChI is InChI=1S/C11H17N3/c1-8(9-3-2-4-9)14-11-6-5-10(12)7-13-11/h5-9H,2-4,12H2,1H3,(H,13,14). The Labute approximate surface area is 84.7 Å². The summed E-state index contributed by atoms with van der Waals surface area (Å²) in [5, 5.41) is 3.40. The van der Waals surface area contributed by atoms with Crippen LogP contribution in [0.5, 0.6) is 0 Å². The highest BCUT2D eigenvalue weighted by molar-refractivity contribution is 5.44. The van der Waals surface area contributed by atoms with E-state index in [0.717, 1.165) is 11.7 Å². The molecule has 76 valence electrons. The van der Waals surface area contributed by atoms with Gasteiger partial charge in [0.2, 0.25) is 0 Å². The zero-order valence-corrected chi connectivity index (χ0v) is 8.53. The predicted molar refractivity (Wildman–Crippen MR) is 59.1 cm³/mol. The van der Waals surface area contributed by atoms with Gasteiger partial charge < -0.3 is 11.1 Å². The van der Waals surface area contributed by atoms with Crippen LogP contribution in [0, 0.1) is 5.92 Å². The molecule has 1 heterocycles. The molecule has 1 aliphatic rings. The molecule has 2 rings (SSSR count). The van der Waals surface area contributed by atoms with Crippen LogP contribution in [0.2, 0.25) is 0 Å². The fourth-order valence-corrected chi connectivity index (χ4v) is 1.78. The molecule has 0 amide bonds. The number of nitrogen functional groups attached to an aromatic ring is 1. The maximum atomic E-state index is 5.56. The summed E-state index contributed by atoms with van der Waals surface area (Å²) in [5.41, 5.74) is 6.28. The van der Waals surface area contributed by atoms with Gasteiger partial charge in [0, 0.05) is 6.04 Å². The molecule has 3 heteroatoms. The van der Waals surface area contributed by atoms with Crippen molar-refractivity contribution >= 4 is 11.5 Å². The van der Waals surface area contributed by atoms with E-state index >= 15 is 0 Å². The summed E-state index contributed by atoms with van der Waals surface area (Å²) in [6.07, 6.45) is 5.77. The van der Waals surface area contributed by atoms with Gasteiger partial charge in [0.25, 0.3) is 0 Å². The highest BCUT2D eigenvalue weighted by Gasteiger charge is 2.23. The molecule has 3 N–H and O–H groups in total. The molecule has 0 radical (unpaired) electrons. The molecule has 0 saturated heterocycles. The van der Waals surface area contributed by atoms with Gasteiger partial charge in [-0.15, -0.1) is 0 Å². The van der Waals surface area contributed by atoms with E-state index in [1.165, 1.54) is 19.3 Å². The Morgan fingerprint density at radius 2 is 2.29 bits per heavy atom. The molecular formula is C11H17N3. The largest absolute Gasteiger partial charge is 0.397 e. The Bertz CT molecular complexity index is 290. The lowest BCUT2D eigenvalue weighted by molar-refractivity contribution is 0.285. The maximum Gasteiger partial charge on any atom is 0.126 e. The average molecular weight is 191 g/mol. The van der Waals surface area contributed by atoms with Crippen LogP contribution in [-0.2, 0) is 0 Å². The summed E-state index contributed by atoms with van der Waals surface area (Å²) in [7, 11) is 0. The van der Waals surface area contributed by atoms with Gasteiger partial charge in [0.15, 0.2) is 0 Å². The van der Waals surface area contributed by atoms with Crippen molar-refractivity contribution in [3.63, 3.8) is 0 Å². The van der Waals surface area contributed by atoms with Crippen LogP contribution in [0.15, 0.2) is 18.3 Å². The van der Waals surface area contributed by atoms with Gasteiger partial charge in [0.1, 0.15) is 5.82 Å². The van der Waals surface area contributed by atoms with Crippen LogP contribution in [0.25, 0.3) is 0 Å². The fraction of sp³-hybridized carbons (Fsp3) is 0.545. The highest BCUT2D eigenvalue weighted by Crippen LogP contribution is 2.30. The number of pyridine rings is 1. The second kappa shape index (κ2) is 3.86. The molecule has 0 aliphatic heterocycles. The van der Waals surface area contributed by atoms with Crippen LogP contribution < -0.4 is 11.1 Å². The summed E-state index contributed by atoms with van der Waals surface area (Å²) in [6.45, 7) is 2.22. The molecule has 0 aromatic carbocycles. The van der Waals surface area contributed by atoms with Crippen molar-refractivity contribution in [2.75, 3.05) is 11.1 Å². The Morgan fingerprint density at radius 3 is 2.79 bits per heavy atom. The second-order valence-electron chi connectivity index (χ2n) is 4.10. The fourth-order valence-electron chi connectivity index (χ4n) is 1.78. The van der Waals surface area contributed by atoms with Gasteiger partial charge in [-0.05, 0) is 37.8 Å². The Balaban J connectivity index is 1.92. The van der Waals surface area contributed by atoms with Gasteiger partial charge in [-0.3, -0.25) is 0 Å². The van der Waals surface area contributed by atoms with Crippen LogP contribution in [0.4, 0.5) is 11.5 Å². The van der Waals surface area contributed by atoms with E-state index in [2.05, 4.69) is 17.2 Å². The number of nitrogens with zero attached hydrogens (tertiary/aromatic N) is 1. The summed E-state index contributed by atoms with van der Waals surface area (Å²) in [4.78, 5) is 4.22. The van der Waals surface area contributed by atoms with Crippen LogP contribution in [-0.4, -0.2) is 11.0 Å². The number of rotatable bonds is 3. The first-order valence-electron chi connectivity index (χ1n) is 5.24. The minimum Gasteiger partial charge on any atom is -0.397 e. The van der Waals surface area contributed by atoms with E-state index in [4.69, 9.17) is 5.73 Å². The third-order valence-corrected chi connectivity index (χ3v) is 3.02. The summed E-state index contributed by atoms with van der Waals surface area (Å²) in [6, 6.07) is 4.34. The van der Waals surface area contributed by atoms with Crippen molar-refractivity contribution in [2.45, 2.75) is 32.2 Å². The minimum atomic E-state index is 0.528. The highest BCUT2D eigenvalue weighted by atomic mass is 15.0. The molecule has 1 unspecified atom stereocenters. The number of nitrogens with one attached hydrogen (secondary N) is 1. The number of nitrogens with two attached hydrogens (primary N) is 1. The lowest BCUT2D eigenvalue weighted by Gasteiger charge is -2.32. The molecule has 0 bridgehead atoms. The van der Waals surface area contributed by atoms with E-state index in [0.29, 0.717) is 11.7 Å². The van der Waals surface area contributed by atoms with E-state index < -0.39 is 0 Å². The number of hydrogen-bond acceptors (Lipinski definition) is 3. The van der Waals surface area contributed by atoms with Crippen molar-refractivity contribution < 1.29 is 0 Å². The van der Waals surface area contributed by atoms with E-state index in [1.54, 1.807) is 6.20 Å². The molecule has 3 nitrogen and oxygen atoms in total. The van der Waals surface area contributed by atoms with Crippen molar-refractivity contribution in [1.82, 2.24) is 4.98 Å². The number of hydrogen-bond donors (Lipinski definition) is 2. The molecule has 14 heavy (non-hydrogen) atoms. The van der Waals surface area contributed by atoms with Crippen LogP contribution in [0.3, 0.4) is 0 Å². The third-order valence-electron chi connectivity index (χ3n) is 3.02. The average Bonchev–Trinajstić information content (AvgIpc) is 2.06. The first-order valence-corrected chi connectivity index (χ1v) is 5.24. The summed E-state index contributed by atoms with van der Waals surface area (Å²) < 4.78 is 0. The van der Waals surface area contributed by atoms with Crippen molar-refractivity contribution in [1.29, 1.82) is 0 Å². The van der Waals surface area contributed by atoms with Crippen molar-refractivity contribution in [3.05, 3.63) is 18.3 Å². The topological polar surface area (TPSA) is 50.9 Å². The monoisotopic (exact) mass is 191 g/mol. The quantitative estimate of drug-likeness (QED) is 0.770. The first-order chi connectivity index (χ1) is 6.75. The Hall–Kier alpha value is -1.25. The van der Waals surface area contributed by atoms with Crippen molar-refractivity contribution in [3.8, 4) is 0 Å². The van der Waals surface area contributed by atoms with E-state index in [1.807, 2.05) is 12.1 Å². The third kappa shape index (κ3) is 1.97. The zero-order valence-electron chi connectivity index (χ0n) is 8.53. The Kier molecular flexibility index (Phi) is 2.57. The molecule has 1 aliphatic carbocycles. The smallest absolute Gasteiger partial charge is 0.126 e. The predicted octanol–water partition coefficient (Wildman–Crippen LogP) is 2.26. The Morgan fingerprint density at radius 1 is 1.50 bits per heavy atom. The SMILES string of the molecule is CC(Nc1ccc(N)cn1)C1CCC1. The van der Waals surface area contributed by atoms with Gasteiger partial charge >= 0.3 is 0 Å². The van der Waals surface area contributed by atoms with Gasteiger partial charge in [-0.1, -0.05) is 6.42 Å². The molecule has 1 atom stereocenters. The second-order valence-corrected chi connectivity index (χ2v) is 4.10. The van der Waals surface area contributed by atoms with E-state index in [-0.39, 0.29) is 0 Å². The summed E-state index contributed by atoms with van der Waals surface area (Å²) in [5.74, 6) is 1.76. The van der Waals surface area contributed by atoms with Crippen LogP contribution in [0.1, 0.15) is 26.2 Å². The number of anilines is 2. The molecule has 1 saturated carbocycles. The number of aromatic nitrogens is 1. The first kappa shape index (κ1) is 9.31. The normalized spacial score (nSPS) is 18.6. The summed E-state index contributed by atoms with van der Waals surface area (Å²) >= 11 is 0. The van der Waals surface area contributed by atoms with Gasteiger partial charge in [0.05, 0.1) is 11.9 Å². The lowest BCUT2D eigenvalue weighted by atomic mass is 9.80. The zero-order chi connectivity index (χ0) is 9.97. The molecule has 1 aromatic heterocycles. The molecule has 1 aromatic rings. The lowest BCUT2D eigenvalue weighted by Crippen LogP contribution is -2.31. The van der Waals surface area contributed by atoms with Gasteiger partial charge in [-0.25, -0.2) is 4.98 Å². The maximum absolute atomic E-state index is 5.56. The van der Waals surface area contributed by atoms with Crippen molar-refractivity contribution in [2.24, 2.45) is 5.92 Å². The molecule has 0 spiro atoms. The van der Waals surface area contributed by atoms with Gasteiger partial charge in [-0.2, -0.15) is 0 Å². The molecular weight excluding hydrogens is 174 g/mol. The van der Waals surface area contributed by atoms with Crippen LogP contribution >= 0.6 is 0 Å². The van der Waals surface area contributed by atoms with E-state index in [9.17, 15) is 0 Å². The molecule has 1 fully saturated rings. The minimum absolute atomic E-state index is 0.528.